The van der Waals surface area contributed by atoms with Crippen molar-refractivity contribution in [1.29, 1.82) is 0 Å². The molecule has 0 fully saturated rings. The maximum atomic E-state index is 12.4. The zero-order valence-electron chi connectivity index (χ0n) is 15.1. The molecule has 1 aliphatic heterocycles. The average Bonchev–Trinajstić information content (AvgIpc) is 2.93. The van der Waals surface area contributed by atoms with Crippen LogP contribution in [0.5, 0.6) is 0 Å². The Labute approximate surface area is 140 Å². The number of nitrogens with zero attached hydrogens (tertiary/aromatic N) is 3. The number of hydrogen-bond acceptors (Lipinski definition) is 3. The van der Waals surface area contributed by atoms with E-state index in [4.69, 9.17) is 9.84 Å². The van der Waals surface area contributed by atoms with E-state index in [0.29, 0.717) is 25.5 Å². The molecule has 2 heterocycles. The van der Waals surface area contributed by atoms with Crippen molar-refractivity contribution in [2.24, 2.45) is 0 Å². The zero-order chi connectivity index (χ0) is 16.8. The van der Waals surface area contributed by atoms with E-state index < -0.39 is 0 Å². The summed E-state index contributed by atoms with van der Waals surface area (Å²) in [5.74, 6) is 0.241. The highest BCUT2D eigenvalue weighted by Crippen LogP contribution is 2.24. The summed E-state index contributed by atoms with van der Waals surface area (Å²) in [4.78, 5) is 14.4. The Balaban J connectivity index is 2.04. The third-order valence-electron chi connectivity index (χ3n) is 4.51. The molecule has 1 aromatic rings. The van der Waals surface area contributed by atoms with Gasteiger partial charge in [-0.25, -0.2) is 0 Å². The number of ether oxygens (including phenoxy) is 1. The first-order valence-corrected chi connectivity index (χ1v) is 9.03. The lowest BCUT2D eigenvalue weighted by molar-refractivity contribution is -0.131. The number of hydrogen-bond donors (Lipinski definition) is 0. The highest BCUT2D eigenvalue weighted by atomic mass is 16.5. The Morgan fingerprint density at radius 1 is 1.39 bits per heavy atom. The van der Waals surface area contributed by atoms with Crippen LogP contribution in [-0.4, -0.2) is 40.3 Å². The van der Waals surface area contributed by atoms with Crippen LogP contribution < -0.4 is 0 Å². The summed E-state index contributed by atoms with van der Waals surface area (Å²) in [7, 11) is 0. The van der Waals surface area contributed by atoms with Crippen LogP contribution in [0.1, 0.15) is 70.0 Å². The molecule has 0 atom stereocenters. The van der Waals surface area contributed by atoms with E-state index in [9.17, 15) is 4.79 Å². The zero-order valence-corrected chi connectivity index (χ0v) is 15.1. The first-order chi connectivity index (χ1) is 11.1. The molecule has 0 unspecified atom stereocenters. The van der Waals surface area contributed by atoms with Crippen molar-refractivity contribution in [1.82, 2.24) is 14.7 Å². The number of carbonyl (C=O) groups excluding carboxylic acids is 1. The molecule has 0 N–H and O–H groups in total. The molecule has 130 valence electrons. The quantitative estimate of drug-likeness (QED) is 0.739. The van der Waals surface area contributed by atoms with Crippen LogP contribution in [0.3, 0.4) is 0 Å². The summed E-state index contributed by atoms with van der Waals surface area (Å²) in [6, 6.07) is 0.350. The van der Waals surface area contributed by atoms with Gasteiger partial charge in [-0.3, -0.25) is 9.48 Å². The van der Waals surface area contributed by atoms with Gasteiger partial charge in [0.1, 0.15) is 0 Å². The van der Waals surface area contributed by atoms with Gasteiger partial charge < -0.3 is 9.64 Å². The second kappa shape index (κ2) is 8.48. The predicted molar refractivity (Wildman–Crippen MR) is 91.5 cm³/mol. The van der Waals surface area contributed by atoms with Crippen LogP contribution in [0.2, 0.25) is 0 Å². The fraction of sp³-hybridized carbons (Fsp3) is 0.778. The van der Waals surface area contributed by atoms with E-state index in [0.717, 1.165) is 44.7 Å². The first-order valence-electron chi connectivity index (χ1n) is 9.03. The molecule has 0 radical (unpaired) electrons. The van der Waals surface area contributed by atoms with Gasteiger partial charge in [-0.2, -0.15) is 5.10 Å². The third kappa shape index (κ3) is 4.34. The summed E-state index contributed by atoms with van der Waals surface area (Å²) in [6.45, 7) is 11.6. The molecule has 0 aliphatic carbocycles. The molecule has 0 saturated heterocycles. The lowest BCUT2D eigenvalue weighted by Gasteiger charge is -2.20. The lowest BCUT2D eigenvalue weighted by Crippen LogP contribution is -2.32. The highest BCUT2D eigenvalue weighted by Gasteiger charge is 2.23. The Morgan fingerprint density at radius 2 is 2.17 bits per heavy atom. The molecule has 0 aromatic carbocycles. The first kappa shape index (κ1) is 18.0. The molecule has 23 heavy (non-hydrogen) atoms. The summed E-state index contributed by atoms with van der Waals surface area (Å²) in [6.07, 6.45) is 4.37. The number of aromatic nitrogens is 2. The normalized spacial score (nSPS) is 14.1. The third-order valence-corrected chi connectivity index (χ3v) is 4.51. The van der Waals surface area contributed by atoms with Crippen LogP contribution in [0.15, 0.2) is 0 Å². The van der Waals surface area contributed by atoms with Crippen molar-refractivity contribution in [2.75, 3.05) is 19.7 Å². The van der Waals surface area contributed by atoms with Crippen molar-refractivity contribution in [3.8, 4) is 0 Å². The van der Waals surface area contributed by atoms with Gasteiger partial charge in [0, 0.05) is 49.7 Å². The van der Waals surface area contributed by atoms with E-state index in [1.807, 2.05) is 4.90 Å². The summed E-state index contributed by atoms with van der Waals surface area (Å²) in [5.41, 5.74) is 3.56. The Kier molecular flexibility index (Phi) is 6.63. The number of rotatable bonds is 8. The van der Waals surface area contributed by atoms with Gasteiger partial charge in [0.15, 0.2) is 0 Å². The highest BCUT2D eigenvalue weighted by molar-refractivity contribution is 5.76. The fourth-order valence-electron chi connectivity index (χ4n) is 3.15. The van der Waals surface area contributed by atoms with Crippen LogP contribution in [0.25, 0.3) is 0 Å². The van der Waals surface area contributed by atoms with Gasteiger partial charge >= 0.3 is 0 Å². The molecular formula is C18H31N3O2. The Morgan fingerprint density at radius 3 is 2.83 bits per heavy atom. The van der Waals surface area contributed by atoms with Gasteiger partial charge in [0.2, 0.25) is 5.91 Å². The molecule has 0 bridgehead atoms. The SMILES string of the molecule is CCCCN(CC)C(=O)CCc1nn(C(C)C)c2c1COCC2. The van der Waals surface area contributed by atoms with Crippen molar-refractivity contribution < 1.29 is 9.53 Å². The lowest BCUT2D eigenvalue weighted by atomic mass is 10.1. The monoisotopic (exact) mass is 321 g/mol. The molecule has 0 saturated carbocycles. The number of unbranched alkanes of at least 4 members (excludes halogenated alkanes) is 1. The minimum atomic E-state index is 0.241. The predicted octanol–water partition coefficient (Wildman–Crippen LogP) is 3.12. The summed E-state index contributed by atoms with van der Waals surface area (Å²) >= 11 is 0. The minimum Gasteiger partial charge on any atom is -0.376 e. The van der Waals surface area contributed by atoms with Crippen molar-refractivity contribution in [3.05, 3.63) is 17.0 Å². The number of fused-ring (bicyclic) bond motifs is 1. The van der Waals surface area contributed by atoms with E-state index in [1.165, 1.54) is 11.3 Å². The average molecular weight is 321 g/mol. The standard InChI is InChI=1S/C18H31N3O2/c1-5-7-11-20(6-2)18(22)9-8-16-15-13-23-12-10-17(15)21(19-16)14(3)4/h14H,5-13H2,1-4H3. The molecule has 1 aliphatic rings. The largest absolute Gasteiger partial charge is 0.376 e. The topological polar surface area (TPSA) is 47.4 Å². The van der Waals surface area contributed by atoms with Gasteiger partial charge in [0.25, 0.3) is 0 Å². The van der Waals surface area contributed by atoms with E-state index >= 15 is 0 Å². The Bertz CT molecular complexity index is 523. The second-order valence-corrected chi connectivity index (χ2v) is 6.54. The second-order valence-electron chi connectivity index (χ2n) is 6.54. The molecule has 1 aromatic heterocycles. The summed E-state index contributed by atoms with van der Waals surface area (Å²) in [5, 5.41) is 4.78. The van der Waals surface area contributed by atoms with E-state index in [1.54, 1.807) is 0 Å². The maximum Gasteiger partial charge on any atom is 0.222 e. The number of aryl methyl sites for hydroxylation is 1. The minimum absolute atomic E-state index is 0.241. The van der Waals surface area contributed by atoms with Gasteiger partial charge in [-0.15, -0.1) is 0 Å². The molecule has 1 amide bonds. The molecule has 2 rings (SSSR count). The number of amides is 1. The van der Waals surface area contributed by atoms with Crippen LogP contribution in [0, 0.1) is 0 Å². The molecule has 0 spiro atoms. The number of carbonyl (C=O) groups is 1. The maximum absolute atomic E-state index is 12.4. The van der Waals surface area contributed by atoms with Gasteiger partial charge in [-0.05, 0) is 27.2 Å². The van der Waals surface area contributed by atoms with E-state index in [-0.39, 0.29) is 5.91 Å². The van der Waals surface area contributed by atoms with Crippen LogP contribution >= 0.6 is 0 Å². The van der Waals surface area contributed by atoms with Gasteiger partial charge in [0.05, 0.1) is 18.9 Å². The van der Waals surface area contributed by atoms with Crippen LogP contribution in [-0.2, 0) is 29.0 Å². The molecule has 5 heteroatoms. The van der Waals surface area contributed by atoms with E-state index in [2.05, 4.69) is 32.4 Å². The smallest absolute Gasteiger partial charge is 0.222 e. The Hall–Kier alpha value is -1.36. The summed E-state index contributed by atoms with van der Waals surface area (Å²) < 4.78 is 7.73. The molecule has 5 nitrogen and oxygen atoms in total. The molecular weight excluding hydrogens is 290 g/mol. The van der Waals surface area contributed by atoms with Crippen LogP contribution in [0.4, 0.5) is 0 Å². The van der Waals surface area contributed by atoms with Crippen molar-refractivity contribution in [3.63, 3.8) is 0 Å². The fourth-order valence-corrected chi connectivity index (χ4v) is 3.15. The van der Waals surface area contributed by atoms with Crippen molar-refractivity contribution >= 4 is 5.91 Å². The van der Waals surface area contributed by atoms with Crippen molar-refractivity contribution in [2.45, 2.75) is 72.4 Å². The van der Waals surface area contributed by atoms with Gasteiger partial charge in [-0.1, -0.05) is 13.3 Å².